The van der Waals surface area contributed by atoms with Crippen molar-refractivity contribution in [1.29, 1.82) is 0 Å². The molecule has 0 amide bonds. The average molecular weight is 861 g/mol. The summed E-state index contributed by atoms with van der Waals surface area (Å²) in [6, 6.07) is 10.5. The number of thiocarbonyl (C=S) groups is 1. The van der Waals surface area contributed by atoms with E-state index >= 15 is 0 Å². The number of hydrogen-bond acceptors (Lipinski definition) is 21. The predicted octanol–water partition coefficient (Wildman–Crippen LogP) is 5.04. The van der Waals surface area contributed by atoms with Crippen LogP contribution >= 0.6 is 24.3 Å². The van der Waals surface area contributed by atoms with Gasteiger partial charge in [-0.05, 0) is 68.7 Å². The van der Waals surface area contributed by atoms with Gasteiger partial charge in [-0.1, -0.05) is 17.3 Å². The van der Waals surface area contributed by atoms with Crippen molar-refractivity contribution in [3.63, 3.8) is 0 Å². The van der Waals surface area contributed by atoms with Crippen molar-refractivity contribution in [3.05, 3.63) is 60.2 Å². The standard InChI is InChI=1S/C29H28N6O15S5/c1-35(2)10-11-53(39,40)16-5-8-20(24(13-16)54(41,42)43)31-33-25-18-14-23(52-50-49-38)26(27(36)17(18)6-7-19(25)30)34-32-21-12-15(4-9-22(21)47-3)28(51)29(37)48-55(44,45)46/h4-9,12-14,36,38H,10-11,30H2,1-3H3,(H,41,42,43)(H,44,45,46). The number of phenolic OH excluding ortho intramolecular Hbond substituents is 1. The number of hydrogen-bond donors (Lipinski definition) is 5. The Morgan fingerprint density at radius 3 is 2.18 bits per heavy atom. The van der Waals surface area contributed by atoms with E-state index in [0.29, 0.717) is 12.0 Å². The molecule has 0 aliphatic heterocycles. The van der Waals surface area contributed by atoms with Crippen LogP contribution in [-0.2, 0) is 48.7 Å². The van der Waals surface area contributed by atoms with Gasteiger partial charge in [0.25, 0.3) is 10.1 Å². The van der Waals surface area contributed by atoms with E-state index in [4.69, 9.17) is 32.5 Å². The van der Waals surface area contributed by atoms with E-state index in [1.54, 1.807) is 19.0 Å². The molecule has 0 saturated carbocycles. The number of aromatic hydroxyl groups is 1. The fraction of sp³-hybridized carbons (Fsp3) is 0.172. The molecule has 21 nitrogen and oxygen atoms in total. The molecule has 0 atom stereocenters. The number of phenols is 1. The monoisotopic (exact) mass is 860 g/mol. The molecule has 4 aromatic rings. The topological polar surface area (TPSA) is 316 Å². The third-order valence-corrected chi connectivity index (χ3v) is 11.0. The van der Waals surface area contributed by atoms with Gasteiger partial charge in [-0.3, -0.25) is 9.11 Å². The van der Waals surface area contributed by atoms with Gasteiger partial charge in [0.2, 0.25) is 0 Å². The maximum atomic E-state index is 12.8. The van der Waals surface area contributed by atoms with Gasteiger partial charge >= 0.3 is 16.4 Å². The molecule has 0 heterocycles. The van der Waals surface area contributed by atoms with E-state index in [0.717, 1.165) is 24.3 Å². The predicted molar refractivity (Wildman–Crippen MR) is 198 cm³/mol. The van der Waals surface area contributed by atoms with E-state index in [1.807, 2.05) is 0 Å². The van der Waals surface area contributed by atoms with E-state index in [2.05, 4.69) is 34.0 Å². The van der Waals surface area contributed by atoms with Crippen molar-refractivity contribution < 1.29 is 67.8 Å². The SMILES string of the molecule is COc1ccc(C(=S)C(=O)OS(=O)(=O)O)cc1N=Nc1c(SOOO)cc2c(N=Nc3ccc(S(=O)(=O)CCN(C)C)cc3S(=O)(=O)O)c(N)ccc2c1O. The molecule has 0 saturated heterocycles. The van der Waals surface area contributed by atoms with E-state index < -0.39 is 62.4 Å². The van der Waals surface area contributed by atoms with Crippen molar-refractivity contribution in [3.8, 4) is 11.5 Å². The molecule has 0 aliphatic rings. The highest BCUT2D eigenvalue weighted by molar-refractivity contribution is 7.94. The molecule has 0 fully saturated rings. The van der Waals surface area contributed by atoms with Gasteiger partial charge in [-0.15, -0.1) is 24.8 Å². The molecule has 26 heteroatoms. The number of benzene rings is 4. The number of anilines is 1. The molecular weight excluding hydrogens is 833 g/mol. The smallest absolute Gasteiger partial charge is 0.449 e. The lowest BCUT2D eigenvalue weighted by Crippen LogP contribution is -2.22. The first-order valence-corrected chi connectivity index (χ1v) is 20.3. The van der Waals surface area contributed by atoms with Gasteiger partial charge in [0, 0.05) is 22.9 Å². The Morgan fingerprint density at radius 1 is 0.891 bits per heavy atom. The molecule has 0 radical (unpaired) electrons. The number of azo groups is 2. The first-order chi connectivity index (χ1) is 25.7. The van der Waals surface area contributed by atoms with Crippen molar-refractivity contribution in [2.24, 2.45) is 20.5 Å². The fourth-order valence-electron chi connectivity index (χ4n) is 4.51. The number of methoxy groups -OCH3 is 1. The van der Waals surface area contributed by atoms with Crippen LogP contribution in [0.4, 0.5) is 28.4 Å². The van der Waals surface area contributed by atoms with E-state index in [-0.39, 0.29) is 62.0 Å². The third kappa shape index (κ3) is 10.7. The molecule has 0 aliphatic carbocycles. The molecule has 0 spiro atoms. The first-order valence-electron chi connectivity index (χ1n) is 14.7. The third-order valence-electron chi connectivity index (χ3n) is 7.09. The maximum absolute atomic E-state index is 12.8. The Bertz CT molecular complexity index is 2570. The Balaban J connectivity index is 1.83. The molecule has 4 rings (SSSR count). The molecule has 55 heavy (non-hydrogen) atoms. The van der Waals surface area contributed by atoms with Gasteiger partial charge in [0.1, 0.15) is 38.3 Å². The number of nitrogens with zero attached hydrogens (tertiary/aromatic N) is 5. The summed E-state index contributed by atoms with van der Waals surface area (Å²) >= 11 is 5.27. The lowest BCUT2D eigenvalue weighted by molar-refractivity contribution is -0.432. The van der Waals surface area contributed by atoms with Crippen molar-refractivity contribution in [2.45, 2.75) is 14.7 Å². The average Bonchev–Trinajstić information content (AvgIpc) is 3.10. The lowest BCUT2D eigenvalue weighted by Gasteiger charge is -2.12. The number of carbonyl (C=O) groups excluding carboxylic acids is 1. The zero-order chi connectivity index (χ0) is 40.9. The first kappa shape index (κ1) is 43.0. The van der Waals surface area contributed by atoms with Crippen molar-refractivity contribution in [1.82, 2.24) is 4.90 Å². The zero-order valence-electron chi connectivity index (χ0n) is 28.2. The van der Waals surface area contributed by atoms with Crippen LogP contribution in [0.15, 0.2) is 89.7 Å². The number of sulfone groups is 1. The van der Waals surface area contributed by atoms with Crippen LogP contribution in [0.3, 0.4) is 0 Å². The second kappa shape index (κ2) is 17.4. The quantitative estimate of drug-likeness (QED) is 0.0144. The Hall–Kier alpha value is -4.74. The van der Waals surface area contributed by atoms with Crippen LogP contribution in [-0.4, -0.2) is 94.0 Å². The minimum atomic E-state index is -5.17. The number of ether oxygens (including phenoxy) is 1. The highest BCUT2D eigenvalue weighted by Crippen LogP contribution is 2.48. The Morgan fingerprint density at radius 2 is 1.56 bits per heavy atom. The summed E-state index contributed by atoms with van der Waals surface area (Å²) in [6.07, 6.45) is 0. The van der Waals surface area contributed by atoms with E-state index in [9.17, 15) is 39.7 Å². The normalized spacial score (nSPS) is 12.6. The largest absolute Gasteiger partial charge is 0.505 e. The zero-order valence-corrected chi connectivity index (χ0v) is 32.3. The summed E-state index contributed by atoms with van der Waals surface area (Å²) in [5.74, 6) is -2.45. The number of nitrogens with two attached hydrogens (primary N) is 1. The highest BCUT2D eigenvalue weighted by Gasteiger charge is 2.24. The molecule has 0 aromatic heterocycles. The van der Waals surface area contributed by atoms with Crippen LogP contribution in [0.1, 0.15) is 5.56 Å². The van der Waals surface area contributed by atoms with Crippen molar-refractivity contribution >= 4 is 105 Å². The molecule has 0 unspecified atom stereocenters. The molecule has 294 valence electrons. The van der Waals surface area contributed by atoms with Gasteiger partial charge in [-0.2, -0.15) is 16.8 Å². The molecule has 4 aromatic carbocycles. The maximum Gasteiger partial charge on any atom is 0.449 e. The summed E-state index contributed by atoms with van der Waals surface area (Å²) in [6.45, 7) is 0.132. The summed E-state index contributed by atoms with van der Waals surface area (Å²) in [5.41, 5.74) is 4.96. The van der Waals surface area contributed by atoms with Crippen LogP contribution in [0, 0.1) is 0 Å². The molecule has 0 bridgehead atoms. The molecular formula is C29H28N6O15S5. The second-order valence-corrected chi connectivity index (χ2v) is 16.7. The lowest BCUT2D eigenvalue weighted by atomic mass is 10.1. The Kier molecular flexibility index (Phi) is 13.6. The van der Waals surface area contributed by atoms with Gasteiger partial charge in [0.15, 0.2) is 15.6 Å². The van der Waals surface area contributed by atoms with Crippen molar-refractivity contribution in [2.75, 3.05) is 39.2 Å². The number of rotatable bonds is 16. The van der Waals surface area contributed by atoms with Crippen LogP contribution in [0.25, 0.3) is 10.8 Å². The van der Waals surface area contributed by atoms with Gasteiger partial charge in [-0.25, -0.2) is 18.5 Å². The highest BCUT2D eigenvalue weighted by atomic mass is 32.3. The summed E-state index contributed by atoms with van der Waals surface area (Å²) in [5, 5.41) is 40.1. The number of carbonyl (C=O) groups is 1. The van der Waals surface area contributed by atoms with Gasteiger partial charge < -0.3 is 24.7 Å². The Labute approximate surface area is 322 Å². The van der Waals surface area contributed by atoms with E-state index in [1.165, 1.54) is 37.4 Å². The minimum Gasteiger partial charge on any atom is -0.505 e. The van der Waals surface area contributed by atoms with Gasteiger partial charge in [0.05, 0.1) is 40.4 Å². The van der Waals surface area contributed by atoms with Crippen LogP contribution in [0.2, 0.25) is 0 Å². The van der Waals surface area contributed by atoms with Crippen LogP contribution < -0.4 is 10.5 Å². The fourth-order valence-corrected chi connectivity index (χ4v) is 7.63. The summed E-state index contributed by atoms with van der Waals surface area (Å²) in [7, 11) is -9.62. The summed E-state index contributed by atoms with van der Waals surface area (Å²) in [4.78, 5) is 11.7. The number of fused-ring (bicyclic) bond motifs is 1. The van der Waals surface area contributed by atoms with Crippen LogP contribution in [0.5, 0.6) is 11.5 Å². The minimum absolute atomic E-state index is 0.0126. The number of nitrogen functional groups attached to an aromatic ring is 1. The second-order valence-electron chi connectivity index (χ2n) is 11.0. The summed E-state index contributed by atoms with van der Waals surface area (Å²) < 4.78 is 105. The molecule has 6 N–H and O–H groups in total.